The van der Waals surface area contributed by atoms with Crippen molar-refractivity contribution in [2.45, 2.75) is 57.0 Å². The van der Waals surface area contributed by atoms with Gasteiger partial charge in [0, 0.05) is 19.1 Å². The van der Waals surface area contributed by atoms with E-state index in [0.717, 1.165) is 25.9 Å². The van der Waals surface area contributed by atoms with E-state index in [0.29, 0.717) is 12.5 Å². The number of hydrogen-bond donors (Lipinski definition) is 1. The second-order valence-corrected chi connectivity index (χ2v) is 5.05. The standard InChI is InChI=1S/C13H21N3O/c14-8-7-12-13(17)16(10-9-15-12)11-5-3-1-2-4-6-11/h11-12,15H,1-7,9-10H2. The van der Waals surface area contributed by atoms with Crippen LogP contribution in [0, 0.1) is 11.3 Å². The molecule has 0 aromatic heterocycles. The summed E-state index contributed by atoms with van der Waals surface area (Å²) in [6.45, 7) is 1.64. The summed E-state index contributed by atoms with van der Waals surface area (Å²) in [6.07, 6.45) is 7.67. The number of hydrogen-bond acceptors (Lipinski definition) is 3. The molecule has 1 N–H and O–H groups in total. The van der Waals surface area contributed by atoms with Crippen molar-refractivity contribution >= 4 is 5.91 Å². The fourth-order valence-corrected chi connectivity index (χ4v) is 2.94. The first-order valence-corrected chi connectivity index (χ1v) is 6.73. The Balaban J connectivity index is 1.98. The third kappa shape index (κ3) is 2.98. The molecule has 1 saturated carbocycles. The Kier molecular flexibility index (Phi) is 4.38. The molecule has 1 saturated heterocycles. The normalized spacial score (nSPS) is 27.6. The van der Waals surface area contributed by atoms with Crippen LogP contribution >= 0.6 is 0 Å². The molecule has 1 aliphatic heterocycles. The minimum Gasteiger partial charge on any atom is -0.337 e. The fraction of sp³-hybridized carbons (Fsp3) is 0.846. The maximum atomic E-state index is 12.2. The van der Waals surface area contributed by atoms with Crippen molar-refractivity contribution in [2.75, 3.05) is 13.1 Å². The van der Waals surface area contributed by atoms with E-state index in [2.05, 4.69) is 11.4 Å². The molecule has 0 aromatic rings. The largest absolute Gasteiger partial charge is 0.337 e. The van der Waals surface area contributed by atoms with Gasteiger partial charge in [-0.3, -0.25) is 4.79 Å². The zero-order chi connectivity index (χ0) is 12.1. The third-order valence-electron chi connectivity index (χ3n) is 3.89. The van der Waals surface area contributed by atoms with E-state index in [1.54, 1.807) is 0 Å². The van der Waals surface area contributed by atoms with Crippen LogP contribution in [0.2, 0.25) is 0 Å². The summed E-state index contributed by atoms with van der Waals surface area (Å²) in [6, 6.07) is 2.25. The van der Waals surface area contributed by atoms with Crippen LogP contribution in [-0.4, -0.2) is 36.0 Å². The molecular formula is C13H21N3O. The number of piperazine rings is 1. The number of nitrogens with zero attached hydrogens (tertiary/aromatic N) is 2. The summed E-state index contributed by atoms with van der Waals surface area (Å²) < 4.78 is 0. The molecule has 0 spiro atoms. The molecule has 1 amide bonds. The lowest BCUT2D eigenvalue weighted by Gasteiger charge is -2.38. The zero-order valence-electron chi connectivity index (χ0n) is 10.3. The van der Waals surface area contributed by atoms with Crippen LogP contribution in [0.3, 0.4) is 0 Å². The fourth-order valence-electron chi connectivity index (χ4n) is 2.94. The monoisotopic (exact) mass is 235 g/mol. The summed E-state index contributed by atoms with van der Waals surface area (Å²) in [5.41, 5.74) is 0. The molecule has 2 aliphatic rings. The van der Waals surface area contributed by atoms with Gasteiger partial charge in [0.25, 0.3) is 0 Å². The van der Waals surface area contributed by atoms with Gasteiger partial charge in [-0.25, -0.2) is 0 Å². The van der Waals surface area contributed by atoms with Gasteiger partial charge in [0.05, 0.1) is 12.5 Å². The second kappa shape index (κ2) is 6.02. The van der Waals surface area contributed by atoms with Crippen LogP contribution < -0.4 is 5.32 Å². The van der Waals surface area contributed by atoms with Crippen LogP contribution in [-0.2, 0) is 4.79 Å². The van der Waals surface area contributed by atoms with Gasteiger partial charge < -0.3 is 10.2 Å². The summed E-state index contributed by atoms with van der Waals surface area (Å²) >= 11 is 0. The average Bonchev–Trinajstić information content (AvgIpc) is 2.61. The number of rotatable bonds is 2. The minimum atomic E-state index is -0.267. The molecule has 0 aromatic carbocycles. The number of nitrogens with one attached hydrogen (secondary N) is 1. The first-order chi connectivity index (χ1) is 8.33. The SMILES string of the molecule is N#CCC1NCCN(C2CCCCCC2)C1=O. The van der Waals surface area contributed by atoms with E-state index in [4.69, 9.17) is 5.26 Å². The maximum absolute atomic E-state index is 12.2. The smallest absolute Gasteiger partial charge is 0.241 e. The Bertz CT molecular complexity index is 302. The van der Waals surface area contributed by atoms with E-state index >= 15 is 0 Å². The number of amides is 1. The molecular weight excluding hydrogens is 214 g/mol. The first-order valence-electron chi connectivity index (χ1n) is 6.73. The lowest BCUT2D eigenvalue weighted by atomic mass is 10.0. The maximum Gasteiger partial charge on any atom is 0.241 e. The quantitative estimate of drug-likeness (QED) is 0.736. The van der Waals surface area contributed by atoms with E-state index in [1.807, 2.05) is 4.90 Å². The van der Waals surface area contributed by atoms with Crippen molar-refractivity contribution in [3.05, 3.63) is 0 Å². The van der Waals surface area contributed by atoms with Crippen molar-refractivity contribution in [1.29, 1.82) is 5.26 Å². The molecule has 1 aliphatic carbocycles. The summed E-state index contributed by atoms with van der Waals surface area (Å²) in [4.78, 5) is 14.3. The van der Waals surface area contributed by atoms with Crippen LogP contribution in [0.5, 0.6) is 0 Å². The molecule has 1 heterocycles. The topological polar surface area (TPSA) is 56.1 Å². The highest BCUT2D eigenvalue weighted by molar-refractivity contribution is 5.83. The highest BCUT2D eigenvalue weighted by atomic mass is 16.2. The summed E-state index contributed by atoms with van der Waals surface area (Å²) in [7, 11) is 0. The van der Waals surface area contributed by atoms with Gasteiger partial charge in [-0.2, -0.15) is 5.26 Å². The molecule has 0 radical (unpaired) electrons. The van der Waals surface area contributed by atoms with Crippen molar-refractivity contribution in [2.24, 2.45) is 0 Å². The highest BCUT2D eigenvalue weighted by Crippen LogP contribution is 2.23. The molecule has 2 fully saturated rings. The molecule has 1 unspecified atom stereocenters. The molecule has 2 rings (SSSR count). The molecule has 4 nitrogen and oxygen atoms in total. The van der Waals surface area contributed by atoms with Gasteiger partial charge >= 0.3 is 0 Å². The Hall–Kier alpha value is -1.08. The van der Waals surface area contributed by atoms with Crippen LogP contribution in [0.25, 0.3) is 0 Å². The zero-order valence-corrected chi connectivity index (χ0v) is 10.3. The summed E-state index contributed by atoms with van der Waals surface area (Å²) in [5, 5.41) is 11.9. The van der Waals surface area contributed by atoms with Gasteiger partial charge in [-0.15, -0.1) is 0 Å². The second-order valence-electron chi connectivity index (χ2n) is 5.05. The molecule has 17 heavy (non-hydrogen) atoms. The van der Waals surface area contributed by atoms with Gasteiger partial charge in [0.2, 0.25) is 5.91 Å². The van der Waals surface area contributed by atoms with Crippen LogP contribution in [0.15, 0.2) is 0 Å². The molecule has 94 valence electrons. The lowest BCUT2D eigenvalue weighted by molar-refractivity contribution is -0.138. The Morgan fingerprint density at radius 2 is 2.00 bits per heavy atom. The molecule has 4 heteroatoms. The predicted octanol–water partition coefficient (Wildman–Crippen LogP) is 1.42. The number of carbonyl (C=O) groups excluding carboxylic acids is 1. The predicted molar refractivity (Wildman–Crippen MR) is 65.2 cm³/mol. The number of nitriles is 1. The number of carbonyl (C=O) groups is 1. The van der Waals surface area contributed by atoms with Crippen LogP contribution in [0.1, 0.15) is 44.9 Å². The first kappa shape index (κ1) is 12.4. The summed E-state index contributed by atoms with van der Waals surface area (Å²) in [5.74, 6) is 0.143. The average molecular weight is 235 g/mol. The van der Waals surface area contributed by atoms with Gasteiger partial charge in [0.1, 0.15) is 6.04 Å². The van der Waals surface area contributed by atoms with E-state index in [-0.39, 0.29) is 11.9 Å². The third-order valence-corrected chi connectivity index (χ3v) is 3.89. The highest BCUT2D eigenvalue weighted by Gasteiger charge is 2.32. The van der Waals surface area contributed by atoms with Crippen molar-refractivity contribution in [1.82, 2.24) is 10.2 Å². The van der Waals surface area contributed by atoms with Gasteiger partial charge in [0.15, 0.2) is 0 Å². The van der Waals surface area contributed by atoms with Crippen LogP contribution in [0.4, 0.5) is 0 Å². The van der Waals surface area contributed by atoms with Gasteiger partial charge in [-0.1, -0.05) is 25.7 Å². The minimum absolute atomic E-state index is 0.143. The van der Waals surface area contributed by atoms with Crippen molar-refractivity contribution in [3.63, 3.8) is 0 Å². The Morgan fingerprint density at radius 3 is 2.65 bits per heavy atom. The van der Waals surface area contributed by atoms with E-state index < -0.39 is 0 Å². The molecule has 1 atom stereocenters. The molecule has 0 bridgehead atoms. The van der Waals surface area contributed by atoms with Gasteiger partial charge in [-0.05, 0) is 12.8 Å². The van der Waals surface area contributed by atoms with Crippen molar-refractivity contribution in [3.8, 4) is 6.07 Å². The Labute approximate surface area is 103 Å². The van der Waals surface area contributed by atoms with E-state index in [9.17, 15) is 4.79 Å². The lowest BCUT2D eigenvalue weighted by Crippen LogP contribution is -2.57. The van der Waals surface area contributed by atoms with E-state index in [1.165, 1.54) is 25.7 Å². The van der Waals surface area contributed by atoms with Crippen molar-refractivity contribution < 1.29 is 4.79 Å². The Morgan fingerprint density at radius 1 is 1.29 bits per heavy atom.